The quantitative estimate of drug-likeness (QED) is 0.639. The van der Waals surface area contributed by atoms with Crippen LogP contribution >= 0.6 is 22.7 Å². The van der Waals surface area contributed by atoms with E-state index in [1.807, 2.05) is 11.0 Å². The van der Waals surface area contributed by atoms with Crippen molar-refractivity contribution < 1.29 is 4.79 Å². The third-order valence-electron chi connectivity index (χ3n) is 5.90. The number of benzene rings is 1. The number of aromatic nitrogens is 1. The fraction of sp³-hybridized carbons (Fsp3) is 0.455. The Kier molecular flexibility index (Phi) is 4.95. The largest absolute Gasteiger partial charge is 0.335 e. The average molecular weight is 412 g/mol. The molecule has 3 heterocycles. The maximum Gasteiger partial charge on any atom is 0.264 e. The van der Waals surface area contributed by atoms with Crippen molar-refractivity contribution in [2.45, 2.75) is 32.7 Å². The molecule has 0 spiro atoms. The van der Waals surface area contributed by atoms with E-state index in [1.165, 1.54) is 26.6 Å². The maximum absolute atomic E-state index is 13.0. The number of piperazine rings is 1. The van der Waals surface area contributed by atoms with Crippen molar-refractivity contribution in [3.63, 3.8) is 0 Å². The van der Waals surface area contributed by atoms with E-state index in [4.69, 9.17) is 4.98 Å². The predicted octanol–water partition coefficient (Wildman–Crippen LogP) is 4.44. The SMILES string of the molecule is CC1CCc2sc(C(=O)N3CCN(Cc4nc5ccccc5s4)CC3)cc2C1. The molecule has 1 fully saturated rings. The normalized spacial score (nSPS) is 20.5. The van der Waals surface area contributed by atoms with Gasteiger partial charge in [0.2, 0.25) is 0 Å². The fourth-order valence-corrected chi connectivity index (χ4v) is 6.44. The molecule has 1 saturated heterocycles. The zero-order chi connectivity index (χ0) is 19.1. The first-order valence-electron chi connectivity index (χ1n) is 10.1. The van der Waals surface area contributed by atoms with Crippen molar-refractivity contribution >= 4 is 38.8 Å². The van der Waals surface area contributed by atoms with Crippen LogP contribution in [0.5, 0.6) is 0 Å². The highest BCUT2D eigenvalue weighted by Gasteiger charge is 2.26. The van der Waals surface area contributed by atoms with Crippen LogP contribution < -0.4 is 0 Å². The molecule has 1 aliphatic heterocycles. The van der Waals surface area contributed by atoms with Gasteiger partial charge in [-0.15, -0.1) is 22.7 Å². The van der Waals surface area contributed by atoms with E-state index in [0.29, 0.717) is 0 Å². The standard InChI is InChI=1S/C22H25N3OS2/c1-15-6-7-18-16(12-15)13-20(27-18)22(26)25-10-8-24(9-11-25)14-21-23-17-4-2-3-5-19(17)28-21/h2-5,13,15H,6-12,14H2,1H3. The highest BCUT2D eigenvalue weighted by Crippen LogP contribution is 2.33. The van der Waals surface area contributed by atoms with Crippen LogP contribution in [0.1, 0.15) is 38.5 Å². The minimum atomic E-state index is 0.228. The Hall–Kier alpha value is -1.76. The van der Waals surface area contributed by atoms with Crippen molar-refractivity contribution in [3.8, 4) is 0 Å². The summed E-state index contributed by atoms with van der Waals surface area (Å²) < 4.78 is 1.25. The van der Waals surface area contributed by atoms with Crippen LogP contribution in [0.25, 0.3) is 10.2 Å². The van der Waals surface area contributed by atoms with E-state index >= 15 is 0 Å². The zero-order valence-corrected chi connectivity index (χ0v) is 17.8. The first-order chi connectivity index (χ1) is 13.7. The van der Waals surface area contributed by atoms with Crippen LogP contribution in [0.3, 0.4) is 0 Å². The minimum absolute atomic E-state index is 0.228. The van der Waals surface area contributed by atoms with Crippen LogP contribution in [0.4, 0.5) is 0 Å². The van der Waals surface area contributed by atoms with Gasteiger partial charge in [-0.1, -0.05) is 19.1 Å². The molecule has 2 aromatic heterocycles. The van der Waals surface area contributed by atoms with Crippen LogP contribution in [0.15, 0.2) is 30.3 Å². The summed E-state index contributed by atoms with van der Waals surface area (Å²) in [7, 11) is 0. The molecule has 3 aromatic rings. The average Bonchev–Trinajstić information content (AvgIpc) is 3.31. The fourth-order valence-electron chi connectivity index (χ4n) is 4.25. The number of rotatable bonds is 3. The van der Waals surface area contributed by atoms with Gasteiger partial charge in [0.1, 0.15) is 5.01 Å². The molecule has 0 N–H and O–H groups in total. The van der Waals surface area contributed by atoms with Gasteiger partial charge in [0.25, 0.3) is 5.91 Å². The summed E-state index contributed by atoms with van der Waals surface area (Å²) in [6.07, 6.45) is 3.53. The van der Waals surface area contributed by atoms with Crippen molar-refractivity contribution in [2.75, 3.05) is 26.2 Å². The summed E-state index contributed by atoms with van der Waals surface area (Å²) >= 11 is 3.51. The summed E-state index contributed by atoms with van der Waals surface area (Å²) in [6.45, 7) is 6.65. The molecule has 1 aromatic carbocycles. The Bertz CT molecular complexity index is 967. The van der Waals surface area contributed by atoms with Crippen LogP contribution in [-0.4, -0.2) is 46.9 Å². The van der Waals surface area contributed by atoms with Gasteiger partial charge in [0, 0.05) is 31.1 Å². The van der Waals surface area contributed by atoms with Gasteiger partial charge < -0.3 is 4.90 Å². The second-order valence-corrected chi connectivity index (χ2v) is 10.3. The third kappa shape index (κ3) is 3.61. The maximum atomic E-state index is 13.0. The number of hydrogen-bond donors (Lipinski definition) is 0. The highest BCUT2D eigenvalue weighted by atomic mass is 32.1. The van der Waals surface area contributed by atoms with Crippen molar-refractivity contribution in [2.24, 2.45) is 5.92 Å². The number of amides is 1. The topological polar surface area (TPSA) is 36.4 Å². The Morgan fingerprint density at radius 1 is 1.18 bits per heavy atom. The first-order valence-corrected chi connectivity index (χ1v) is 11.8. The molecule has 6 heteroatoms. The molecule has 1 atom stereocenters. The highest BCUT2D eigenvalue weighted by molar-refractivity contribution is 7.18. The van der Waals surface area contributed by atoms with Gasteiger partial charge >= 0.3 is 0 Å². The van der Waals surface area contributed by atoms with Crippen molar-refractivity contribution in [1.29, 1.82) is 0 Å². The molecule has 4 nitrogen and oxygen atoms in total. The number of thiazole rings is 1. The summed E-state index contributed by atoms with van der Waals surface area (Å²) in [4.78, 5) is 24.6. The predicted molar refractivity (Wildman–Crippen MR) is 116 cm³/mol. The number of carbonyl (C=O) groups is 1. The molecule has 0 saturated carbocycles. The minimum Gasteiger partial charge on any atom is -0.335 e. The smallest absolute Gasteiger partial charge is 0.264 e. The lowest BCUT2D eigenvalue weighted by atomic mass is 9.90. The second-order valence-electron chi connectivity index (χ2n) is 8.05. The van der Waals surface area contributed by atoms with E-state index in [-0.39, 0.29) is 5.91 Å². The summed E-state index contributed by atoms with van der Waals surface area (Å²) in [6, 6.07) is 10.5. The number of para-hydroxylation sites is 1. The van der Waals surface area contributed by atoms with Gasteiger partial charge in [0.15, 0.2) is 0 Å². The van der Waals surface area contributed by atoms with E-state index in [0.717, 1.165) is 61.9 Å². The molecule has 146 valence electrons. The van der Waals surface area contributed by atoms with Gasteiger partial charge in [0.05, 0.1) is 21.6 Å². The third-order valence-corrected chi connectivity index (χ3v) is 8.14. The molecule has 1 aliphatic carbocycles. The lowest BCUT2D eigenvalue weighted by molar-refractivity contribution is 0.0633. The van der Waals surface area contributed by atoms with Gasteiger partial charge in [-0.05, 0) is 48.9 Å². The van der Waals surface area contributed by atoms with Crippen LogP contribution in [0.2, 0.25) is 0 Å². The molecule has 0 bridgehead atoms. The molecular formula is C22H25N3OS2. The number of aryl methyl sites for hydroxylation is 1. The van der Waals surface area contributed by atoms with E-state index in [2.05, 4.69) is 36.1 Å². The zero-order valence-electron chi connectivity index (χ0n) is 16.2. The van der Waals surface area contributed by atoms with Gasteiger partial charge in [-0.25, -0.2) is 4.98 Å². The number of fused-ring (bicyclic) bond motifs is 2. The molecule has 1 unspecified atom stereocenters. The van der Waals surface area contributed by atoms with E-state index < -0.39 is 0 Å². The Morgan fingerprint density at radius 3 is 2.82 bits per heavy atom. The molecular weight excluding hydrogens is 386 g/mol. The van der Waals surface area contributed by atoms with E-state index in [1.54, 1.807) is 22.7 Å². The van der Waals surface area contributed by atoms with Crippen LogP contribution in [0, 0.1) is 5.92 Å². The first kappa shape index (κ1) is 18.3. The summed E-state index contributed by atoms with van der Waals surface area (Å²) in [5.41, 5.74) is 2.51. The van der Waals surface area contributed by atoms with Crippen LogP contribution in [-0.2, 0) is 19.4 Å². The van der Waals surface area contributed by atoms with Crippen molar-refractivity contribution in [1.82, 2.24) is 14.8 Å². The number of hydrogen-bond acceptors (Lipinski definition) is 5. The molecule has 28 heavy (non-hydrogen) atoms. The number of nitrogens with zero attached hydrogens (tertiary/aromatic N) is 3. The summed E-state index contributed by atoms with van der Waals surface area (Å²) in [5, 5.41) is 1.17. The van der Waals surface area contributed by atoms with Gasteiger partial charge in [-0.3, -0.25) is 9.69 Å². The van der Waals surface area contributed by atoms with Crippen molar-refractivity contribution in [3.05, 3.63) is 50.7 Å². The molecule has 5 rings (SSSR count). The van der Waals surface area contributed by atoms with Gasteiger partial charge in [-0.2, -0.15) is 0 Å². The summed E-state index contributed by atoms with van der Waals surface area (Å²) in [5.74, 6) is 0.975. The Labute approximate surface area is 173 Å². The monoisotopic (exact) mass is 411 g/mol. The molecule has 1 amide bonds. The second kappa shape index (κ2) is 7.58. The lowest BCUT2D eigenvalue weighted by Gasteiger charge is -2.34. The molecule has 0 radical (unpaired) electrons. The van der Waals surface area contributed by atoms with E-state index in [9.17, 15) is 4.79 Å². The molecule has 2 aliphatic rings. The number of thiophene rings is 1. The lowest BCUT2D eigenvalue weighted by Crippen LogP contribution is -2.48. The Morgan fingerprint density at radius 2 is 2.00 bits per heavy atom. The number of carbonyl (C=O) groups excluding carboxylic acids is 1. The Balaban J connectivity index is 1.20.